The molecule has 0 spiro atoms. The topological polar surface area (TPSA) is 41.6 Å². The van der Waals surface area contributed by atoms with Crippen molar-refractivity contribution < 1.29 is 18.3 Å². The van der Waals surface area contributed by atoms with E-state index in [0.29, 0.717) is 24.6 Å². The molecule has 1 aromatic rings. The SMILES string of the molecule is CN(C(=O)NCCc1ccccc1OC(F)F)C1CC1. The van der Waals surface area contributed by atoms with Crippen LogP contribution in [0.25, 0.3) is 0 Å². The standard InChI is InChI=1S/C14H18F2N2O2/c1-18(11-6-7-11)14(19)17-9-8-10-4-2-3-5-12(10)20-13(15)16/h2-5,11,13H,6-9H2,1H3,(H,17,19). The van der Waals surface area contributed by atoms with Crippen LogP contribution in [0.3, 0.4) is 0 Å². The van der Waals surface area contributed by atoms with Crippen molar-refractivity contribution in [2.75, 3.05) is 13.6 Å². The average molecular weight is 284 g/mol. The molecule has 0 aliphatic heterocycles. The molecule has 1 aliphatic rings. The number of para-hydroxylation sites is 1. The summed E-state index contributed by atoms with van der Waals surface area (Å²) >= 11 is 0. The molecular weight excluding hydrogens is 266 g/mol. The molecular formula is C14H18F2N2O2. The number of carbonyl (C=O) groups is 1. The molecule has 0 radical (unpaired) electrons. The van der Waals surface area contributed by atoms with E-state index in [-0.39, 0.29) is 11.8 Å². The molecule has 4 nitrogen and oxygen atoms in total. The normalized spacial score (nSPS) is 14.2. The van der Waals surface area contributed by atoms with Gasteiger partial charge in [-0.2, -0.15) is 8.78 Å². The second-order valence-corrected chi connectivity index (χ2v) is 4.81. The average Bonchev–Trinajstić information content (AvgIpc) is 3.23. The molecule has 1 aliphatic carbocycles. The number of ether oxygens (including phenoxy) is 1. The second kappa shape index (κ2) is 6.54. The van der Waals surface area contributed by atoms with Crippen LogP contribution in [0.15, 0.2) is 24.3 Å². The van der Waals surface area contributed by atoms with Gasteiger partial charge >= 0.3 is 12.6 Å². The fourth-order valence-electron chi connectivity index (χ4n) is 1.98. The lowest BCUT2D eigenvalue weighted by molar-refractivity contribution is -0.0504. The van der Waals surface area contributed by atoms with E-state index in [2.05, 4.69) is 10.1 Å². The van der Waals surface area contributed by atoms with E-state index < -0.39 is 6.61 Å². The van der Waals surface area contributed by atoms with E-state index >= 15 is 0 Å². The Kier molecular flexibility index (Phi) is 4.76. The summed E-state index contributed by atoms with van der Waals surface area (Å²) in [5.41, 5.74) is 0.655. The number of amides is 2. The van der Waals surface area contributed by atoms with Gasteiger partial charge < -0.3 is 15.0 Å². The lowest BCUT2D eigenvalue weighted by Crippen LogP contribution is -2.39. The van der Waals surface area contributed by atoms with Crippen LogP contribution >= 0.6 is 0 Å². The Hall–Kier alpha value is -1.85. The molecule has 0 saturated heterocycles. The van der Waals surface area contributed by atoms with Gasteiger partial charge in [0.25, 0.3) is 0 Å². The monoisotopic (exact) mass is 284 g/mol. The van der Waals surface area contributed by atoms with Gasteiger partial charge in [0.2, 0.25) is 0 Å². The predicted molar refractivity (Wildman–Crippen MR) is 71.0 cm³/mol. The third-order valence-electron chi connectivity index (χ3n) is 3.27. The van der Waals surface area contributed by atoms with Crippen molar-refractivity contribution in [3.8, 4) is 5.75 Å². The zero-order chi connectivity index (χ0) is 14.5. The molecule has 1 aromatic carbocycles. The molecule has 2 rings (SSSR count). The fraction of sp³-hybridized carbons (Fsp3) is 0.500. The molecule has 1 N–H and O–H groups in total. The van der Waals surface area contributed by atoms with Crippen LogP contribution in [0.2, 0.25) is 0 Å². The highest BCUT2D eigenvalue weighted by atomic mass is 19.3. The largest absolute Gasteiger partial charge is 0.435 e. The maximum absolute atomic E-state index is 12.3. The number of benzene rings is 1. The van der Waals surface area contributed by atoms with Crippen molar-refractivity contribution in [3.63, 3.8) is 0 Å². The van der Waals surface area contributed by atoms with Gasteiger partial charge in [-0.25, -0.2) is 4.79 Å². The summed E-state index contributed by atoms with van der Waals surface area (Å²) < 4.78 is 28.9. The molecule has 0 heterocycles. The van der Waals surface area contributed by atoms with Gasteiger partial charge in [0.05, 0.1) is 0 Å². The van der Waals surface area contributed by atoms with Crippen molar-refractivity contribution >= 4 is 6.03 Å². The summed E-state index contributed by atoms with van der Waals surface area (Å²) in [6, 6.07) is 6.84. The first kappa shape index (κ1) is 14.6. The molecule has 0 unspecified atom stereocenters. The summed E-state index contributed by atoms with van der Waals surface area (Å²) in [5.74, 6) is 0.160. The molecule has 0 aromatic heterocycles. The molecule has 110 valence electrons. The van der Waals surface area contributed by atoms with Crippen LogP contribution in [-0.2, 0) is 6.42 Å². The van der Waals surface area contributed by atoms with Gasteiger partial charge in [-0.15, -0.1) is 0 Å². The minimum absolute atomic E-state index is 0.125. The van der Waals surface area contributed by atoms with Crippen LogP contribution in [-0.4, -0.2) is 37.2 Å². The Balaban J connectivity index is 1.82. The summed E-state index contributed by atoms with van der Waals surface area (Å²) in [4.78, 5) is 13.4. The van der Waals surface area contributed by atoms with Gasteiger partial charge in [0.1, 0.15) is 5.75 Å². The second-order valence-electron chi connectivity index (χ2n) is 4.81. The zero-order valence-corrected chi connectivity index (χ0v) is 11.3. The summed E-state index contributed by atoms with van der Waals surface area (Å²) in [5, 5.41) is 2.78. The molecule has 0 bridgehead atoms. The van der Waals surface area contributed by atoms with Crippen molar-refractivity contribution in [1.29, 1.82) is 0 Å². The molecule has 0 atom stereocenters. The smallest absolute Gasteiger partial charge is 0.387 e. The first-order valence-corrected chi connectivity index (χ1v) is 6.61. The number of halogens is 2. The lowest BCUT2D eigenvalue weighted by atomic mass is 10.1. The molecule has 20 heavy (non-hydrogen) atoms. The van der Waals surface area contributed by atoms with Gasteiger partial charge in [0.15, 0.2) is 0 Å². The van der Waals surface area contributed by atoms with Gasteiger partial charge in [-0.1, -0.05) is 18.2 Å². The highest BCUT2D eigenvalue weighted by Gasteiger charge is 2.29. The molecule has 2 amide bonds. The van der Waals surface area contributed by atoms with Gasteiger partial charge in [0, 0.05) is 19.6 Å². The highest BCUT2D eigenvalue weighted by Crippen LogP contribution is 2.25. The fourth-order valence-corrected chi connectivity index (χ4v) is 1.98. The number of nitrogens with one attached hydrogen (secondary N) is 1. The Morgan fingerprint density at radius 3 is 2.80 bits per heavy atom. The van der Waals surface area contributed by atoms with Gasteiger partial charge in [-0.3, -0.25) is 0 Å². The summed E-state index contributed by atoms with van der Waals surface area (Å²) in [6.07, 6.45) is 2.55. The Bertz CT molecular complexity index is 464. The van der Waals surface area contributed by atoms with Crippen molar-refractivity contribution in [1.82, 2.24) is 10.2 Å². The number of urea groups is 1. The number of alkyl halides is 2. The van der Waals surface area contributed by atoms with E-state index in [4.69, 9.17) is 0 Å². The van der Waals surface area contributed by atoms with Crippen LogP contribution in [0, 0.1) is 0 Å². The highest BCUT2D eigenvalue weighted by molar-refractivity contribution is 5.74. The molecule has 1 fully saturated rings. The quantitative estimate of drug-likeness (QED) is 0.872. The number of carbonyl (C=O) groups excluding carboxylic acids is 1. The van der Waals surface area contributed by atoms with E-state index in [1.54, 1.807) is 30.1 Å². The predicted octanol–water partition coefficient (Wildman–Crippen LogP) is 2.63. The Morgan fingerprint density at radius 1 is 1.45 bits per heavy atom. The summed E-state index contributed by atoms with van der Waals surface area (Å²) in [7, 11) is 1.76. The maximum atomic E-state index is 12.3. The van der Waals surface area contributed by atoms with Crippen LogP contribution in [0.4, 0.5) is 13.6 Å². The third kappa shape index (κ3) is 4.08. The molecule has 1 saturated carbocycles. The Morgan fingerprint density at radius 2 is 2.15 bits per heavy atom. The van der Waals surface area contributed by atoms with E-state index in [9.17, 15) is 13.6 Å². The van der Waals surface area contributed by atoms with Crippen LogP contribution in [0.5, 0.6) is 5.75 Å². The number of nitrogens with zero attached hydrogens (tertiary/aromatic N) is 1. The van der Waals surface area contributed by atoms with Crippen molar-refractivity contribution in [2.24, 2.45) is 0 Å². The number of rotatable bonds is 6. The minimum atomic E-state index is -2.84. The van der Waals surface area contributed by atoms with Crippen LogP contribution < -0.4 is 10.1 Å². The van der Waals surface area contributed by atoms with Gasteiger partial charge in [-0.05, 0) is 30.9 Å². The van der Waals surface area contributed by atoms with E-state index in [1.165, 1.54) is 6.07 Å². The van der Waals surface area contributed by atoms with Crippen LogP contribution in [0.1, 0.15) is 18.4 Å². The number of hydrogen-bond donors (Lipinski definition) is 1. The number of hydrogen-bond acceptors (Lipinski definition) is 2. The van der Waals surface area contributed by atoms with Crippen molar-refractivity contribution in [2.45, 2.75) is 31.9 Å². The minimum Gasteiger partial charge on any atom is -0.435 e. The lowest BCUT2D eigenvalue weighted by Gasteiger charge is -2.17. The van der Waals surface area contributed by atoms with E-state index in [0.717, 1.165) is 12.8 Å². The van der Waals surface area contributed by atoms with E-state index in [1.807, 2.05) is 0 Å². The third-order valence-corrected chi connectivity index (χ3v) is 3.27. The summed E-state index contributed by atoms with van der Waals surface area (Å²) in [6.45, 7) is -2.45. The van der Waals surface area contributed by atoms with Crippen molar-refractivity contribution in [3.05, 3.63) is 29.8 Å². The maximum Gasteiger partial charge on any atom is 0.387 e. The molecule has 6 heteroatoms. The first-order valence-electron chi connectivity index (χ1n) is 6.61. The first-order chi connectivity index (χ1) is 9.58. The Labute approximate surface area is 116 Å². The zero-order valence-electron chi connectivity index (χ0n) is 11.3.